The number of sulfone groups is 1. The zero-order valence-corrected chi connectivity index (χ0v) is 13.4. The maximum absolute atomic E-state index is 12.2. The van der Waals surface area contributed by atoms with Crippen LogP contribution in [-0.2, 0) is 19.9 Å². The second kappa shape index (κ2) is 6.02. The van der Waals surface area contributed by atoms with Gasteiger partial charge in [0.1, 0.15) is 9.84 Å². The molecule has 112 valence electrons. The molecule has 1 aliphatic heterocycles. The number of hydrogen-bond acceptors (Lipinski definition) is 5. The van der Waals surface area contributed by atoms with Crippen LogP contribution in [0.15, 0.2) is 0 Å². The van der Waals surface area contributed by atoms with Crippen molar-refractivity contribution < 1.29 is 16.8 Å². The van der Waals surface area contributed by atoms with Crippen molar-refractivity contribution in [2.24, 2.45) is 11.7 Å². The number of hydrogen-bond donors (Lipinski definition) is 2. The number of rotatable bonds is 5. The second-order valence-electron chi connectivity index (χ2n) is 5.14. The molecule has 0 bridgehead atoms. The fraction of sp³-hybridized carbons (Fsp3) is 0.900. The first-order valence-corrected chi connectivity index (χ1v) is 9.83. The molecule has 9 heteroatoms. The Labute approximate surface area is 120 Å². The van der Waals surface area contributed by atoms with Crippen molar-refractivity contribution in [3.63, 3.8) is 0 Å². The minimum absolute atomic E-state index is 0.0559. The number of thiocarbonyl (C=S) groups is 1. The van der Waals surface area contributed by atoms with Crippen molar-refractivity contribution in [3.05, 3.63) is 0 Å². The highest BCUT2D eigenvalue weighted by atomic mass is 32.2. The van der Waals surface area contributed by atoms with Crippen molar-refractivity contribution >= 4 is 37.1 Å². The molecule has 0 amide bonds. The molecular formula is C10H20N2O4S3. The van der Waals surface area contributed by atoms with Crippen LogP contribution in [0.2, 0.25) is 0 Å². The van der Waals surface area contributed by atoms with Crippen molar-refractivity contribution in [3.8, 4) is 0 Å². The SMILES string of the molecule is CC(C)C(NS(=O)(=O)C1CCS(=O)(=O)CC1)C(N)=S. The molecule has 1 unspecified atom stereocenters. The Morgan fingerprint density at radius 3 is 2.16 bits per heavy atom. The van der Waals surface area contributed by atoms with Crippen molar-refractivity contribution in [1.29, 1.82) is 0 Å². The van der Waals surface area contributed by atoms with Gasteiger partial charge in [-0.05, 0) is 18.8 Å². The lowest BCUT2D eigenvalue weighted by Crippen LogP contribution is -2.50. The Kier molecular flexibility index (Phi) is 5.33. The Morgan fingerprint density at radius 1 is 1.32 bits per heavy atom. The summed E-state index contributed by atoms with van der Waals surface area (Å²) in [7, 11) is -6.68. The van der Waals surface area contributed by atoms with Gasteiger partial charge in [0.15, 0.2) is 0 Å². The second-order valence-corrected chi connectivity index (χ2v) is 9.91. The van der Waals surface area contributed by atoms with E-state index < -0.39 is 31.2 Å². The van der Waals surface area contributed by atoms with Gasteiger partial charge in [-0.3, -0.25) is 0 Å². The van der Waals surface area contributed by atoms with Crippen LogP contribution in [0.1, 0.15) is 26.7 Å². The summed E-state index contributed by atoms with van der Waals surface area (Å²) >= 11 is 4.85. The summed E-state index contributed by atoms with van der Waals surface area (Å²) in [5.41, 5.74) is 5.53. The average molecular weight is 328 g/mol. The van der Waals surface area contributed by atoms with Crippen LogP contribution in [0.5, 0.6) is 0 Å². The third kappa shape index (κ3) is 4.66. The molecule has 0 aliphatic carbocycles. The zero-order valence-electron chi connectivity index (χ0n) is 11.0. The summed E-state index contributed by atoms with van der Waals surface area (Å²) in [6.45, 7) is 3.63. The van der Waals surface area contributed by atoms with E-state index >= 15 is 0 Å². The molecular weight excluding hydrogens is 308 g/mol. The first kappa shape index (κ1) is 16.8. The van der Waals surface area contributed by atoms with Gasteiger partial charge in [-0.25, -0.2) is 21.6 Å². The van der Waals surface area contributed by atoms with Gasteiger partial charge >= 0.3 is 0 Å². The van der Waals surface area contributed by atoms with Crippen LogP contribution in [0.3, 0.4) is 0 Å². The predicted octanol–water partition coefficient (Wildman–Crippen LogP) is -0.206. The van der Waals surface area contributed by atoms with Crippen molar-refractivity contribution in [2.75, 3.05) is 11.5 Å². The zero-order chi connectivity index (χ0) is 14.8. The summed E-state index contributed by atoms with van der Waals surface area (Å²) in [6, 6.07) is -0.599. The van der Waals surface area contributed by atoms with E-state index in [0.717, 1.165) is 0 Å². The number of nitrogens with one attached hydrogen (secondary N) is 1. The van der Waals surface area contributed by atoms with Gasteiger partial charge in [0, 0.05) is 0 Å². The molecule has 1 rings (SSSR count). The minimum atomic E-state index is -3.60. The van der Waals surface area contributed by atoms with Gasteiger partial charge in [0.25, 0.3) is 0 Å². The lowest BCUT2D eigenvalue weighted by Gasteiger charge is -2.27. The molecule has 0 aromatic heterocycles. The van der Waals surface area contributed by atoms with E-state index in [2.05, 4.69) is 4.72 Å². The normalized spacial score (nSPS) is 22.3. The van der Waals surface area contributed by atoms with E-state index in [0.29, 0.717) is 0 Å². The van der Waals surface area contributed by atoms with Crippen LogP contribution in [0, 0.1) is 5.92 Å². The highest BCUT2D eigenvalue weighted by molar-refractivity contribution is 7.92. The van der Waals surface area contributed by atoms with Gasteiger partial charge < -0.3 is 5.73 Å². The molecule has 3 N–H and O–H groups in total. The molecule has 1 aliphatic rings. The molecule has 0 aromatic rings. The van der Waals surface area contributed by atoms with Gasteiger partial charge in [-0.2, -0.15) is 0 Å². The Hall–Kier alpha value is -0.250. The third-order valence-electron chi connectivity index (χ3n) is 3.20. The van der Waals surface area contributed by atoms with Gasteiger partial charge in [-0.1, -0.05) is 26.1 Å². The molecule has 1 heterocycles. The van der Waals surface area contributed by atoms with E-state index in [1.807, 2.05) is 13.8 Å². The van der Waals surface area contributed by atoms with Gasteiger partial charge in [-0.15, -0.1) is 0 Å². The summed E-state index contributed by atoms with van der Waals surface area (Å²) in [6.07, 6.45) is 0.250. The van der Waals surface area contributed by atoms with E-state index in [9.17, 15) is 16.8 Å². The van der Waals surface area contributed by atoms with E-state index in [-0.39, 0.29) is 35.3 Å². The molecule has 1 atom stereocenters. The molecule has 0 saturated carbocycles. The lowest BCUT2D eigenvalue weighted by molar-refractivity contribution is 0.508. The third-order valence-corrected chi connectivity index (χ3v) is 7.11. The van der Waals surface area contributed by atoms with E-state index in [1.54, 1.807) is 0 Å². The fourth-order valence-corrected chi connectivity index (χ4v) is 5.97. The number of sulfonamides is 1. The molecule has 6 nitrogen and oxygen atoms in total. The highest BCUT2D eigenvalue weighted by Gasteiger charge is 2.35. The van der Waals surface area contributed by atoms with E-state index in [1.165, 1.54) is 0 Å². The predicted molar refractivity (Wildman–Crippen MR) is 79.1 cm³/mol. The van der Waals surface area contributed by atoms with Crippen LogP contribution < -0.4 is 10.5 Å². The van der Waals surface area contributed by atoms with Crippen LogP contribution in [0.4, 0.5) is 0 Å². The summed E-state index contributed by atoms with van der Waals surface area (Å²) in [5.74, 6) is -0.227. The van der Waals surface area contributed by atoms with Gasteiger partial charge in [0.05, 0.1) is 27.8 Å². The maximum atomic E-state index is 12.2. The molecule has 1 saturated heterocycles. The Balaban J connectivity index is 2.79. The van der Waals surface area contributed by atoms with Crippen molar-refractivity contribution in [1.82, 2.24) is 4.72 Å². The monoisotopic (exact) mass is 328 g/mol. The number of nitrogens with two attached hydrogens (primary N) is 1. The molecule has 1 fully saturated rings. The molecule has 0 spiro atoms. The lowest BCUT2D eigenvalue weighted by atomic mass is 10.1. The maximum Gasteiger partial charge on any atom is 0.215 e. The topological polar surface area (TPSA) is 106 Å². The average Bonchev–Trinajstić information content (AvgIpc) is 2.24. The highest BCUT2D eigenvalue weighted by Crippen LogP contribution is 2.19. The molecule has 0 radical (unpaired) electrons. The quantitative estimate of drug-likeness (QED) is 0.677. The summed E-state index contributed by atoms with van der Waals surface area (Å²) < 4.78 is 49.5. The first-order chi connectivity index (χ1) is 8.55. The fourth-order valence-electron chi connectivity index (χ4n) is 1.97. The minimum Gasteiger partial charge on any atom is -0.392 e. The van der Waals surface area contributed by atoms with Crippen LogP contribution in [-0.4, -0.2) is 44.6 Å². The Bertz CT molecular complexity index is 525. The largest absolute Gasteiger partial charge is 0.392 e. The molecule has 19 heavy (non-hydrogen) atoms. The summed E-state index contributed by atoms with van der Waals surface area (Å²) in [5, 5.41) is -0.688. The first-order valence-electron chi connectivity index (χ1n) is 6.06. The van der Waals surface area contributed by atoms with Gasteiger partial charge in [0.2, 0.25) is 10.0 Å². The van der Waals surface area contributed by atoms with E-state index in [4.69, 9.17) is 18.0 Å². The van der Waals surface area contributed by atoms with Crippen LogP contribution in [0.25, 0.3) is 0 Å². The summed E-state index contributed by atoms with van der Waals surface area (Å²) in [4.78, 5) is 0.0991. The standard InChI is InChI=1S/C10H20N2O4S3/c1-7(2)9(10(11)17)12-19(15,16)8-3-5-18(13,14)6-4-8/h7-9,12H,3-6H2,1-2H3,(H2,11,17). The van der Waals surface area contributed by atoms with Crippen molar-refractivity contribution in [2.45, 2.75) is 38.0 Å². The van der Waals surface area contributed by atoms with Crippen LogP contribution >= 0.6 is 12.2 Å². The smallest absolute Gasteiger partial charge is 0.215 e. The molecule has 0 aromatic carbocycles. The Morgan fingerprint density at radius 2 is 1.79 bits per heavy atom.